The molecule has 2 aromatic rings. The van der Waals surface area contributed by atoms with Gasteiger partial charge in [0, 0.05) is 12.1 Å². The van der Waals surface area contributed by atoms with Crippen molar-refractivity contribution in [2.24, 2.45) is 5.92 Å². The van der Waals surface area contributed by atoms with Crippen LogP contribution in [0.5, 0.6) is 11.5 Å². The molecule has 4 heteroatoms. The van der Waals surface area contributed by atoms with Crippen LogP contribution in [-0.4, -0.2) is 13.7 Å². The molecule has 0 aromatic heterocycles. The van der Waals surface area contributed by atoms with Gasteiger partial charge >= 0.3 is 0 Å². The molecule has 124 valence electrons. The number of benzene rings is 2. The van der Waals surface area contributed by atoms with E-state index >= 15 is 0 Å². The maximum Gasteiger partial charge on any atom is 0.161 e. The summed E-state index contributed by atoms with van der Waals surface area (Å²) in [7, 11) is 1.61. The second kappa shape index (κ2) is 8.53. The van der Waals surface area contributed by atoms with Crippen LogP contribution >= 0.6 is 0 Å². The predicted molar refractivity (Wildman–Crippen MR) is 90.3 cm³/mol. The Morgan fingerprint density at radius 1 is 1.09 bits per heavy atom. The number of hydrogen-bond acceptors (Lipinski definition) is 3. The number of hydrogen-bond donors (Lipinski definition) is 1. The van der Waals surface area contributed by atoms with Crippen molar-refractivity contribution in [3.63, 3.8) is 0 Å². The van der Waals surface area contributed by atoms with Gasteiger partial charge in [0.05, 0.1) is 7.11 Å². The van der Waals surface area contributed by atoms with Gasteiger partial charge in [0.2, 0.25) is 0 Å². The van der Waals surface area contributed by atoms with E-state index in [1.54, 1.807) is 25.3 Å². The highest BCUT2D eigenvalue weighted by molar-refractivity contribution is 5.43. The van der Waals surface area contributed by atoms with Crippen molar-refractivity contribution in [1.29, 1.82) is 0 Å². The van der Waals surface area contributed by atoms with Crippen molar-refractivity contribution in [2.75, 3.05) is 13.7 Å². The van der Waals surface area contributed by atoms with Crippen molar-refractivity contribution in [3.05, 3.63) is 59.4 Å². The van der Waals surface area contributed by atoms with Crippen LogP contribution in [0.15, 0.2) is 42.5 Å². The molecule has 0 aliphatic carbocycles. The lowest BCUT2D eigenvalue weighted by Crippen LogP contribution is -2.18. The zero-order valence-electron chi connectivity index (χ0n) is 13.9. The Morgan fingerprint density at radius 2 is 1.87 bits per heavy atom. The van der Waals surface area contributed by atoms with E-state index in [4.69, 9.17) is 9.47 Å². The van der Waals surface area contributed by atoms with Crippen LogP contribution < -0.4 is 14.8 Å². The van der Waals surface area contributed by atoms with E-state index in [1.807, 2.05) is 18.2 Å². The van der Waals surface area contributed by atoms with E-state index in [9.17, 15) is 4.39 Å². The molecule has 0 aliphatic rings. The summed E-state index contributed by atoms with van der Waals surface area (Å²) in [5.41, 5.74) is 1.65. The van der Waals surface area contributed by atoms with E-state index in [1.165, 1.54) is 6.07 Å². The average molecular weight is 317 g/mol. The van der Waals surface area contributed by atoms with Gasteiger partial charge in [0.15, 0.2) is 11.5 Å². The van der Waals surface area contributed by atoms with Crippen LogP contribution in [0.25, 0.3) is 0 Å². The number of nitrogens with one attached hydrogen (secondary N) is 1. The first kappa shape index (κ1) is 17.3. The molecular formula is C19H24FNO2. The summed E-state index contributed by atoms with van der Waals surface area (Å²) in [4.78, 5) is 0. The van der Waals surface area contributed by atoms with Crippen LogP contribution in [0, 0.1) is 11.7 Å². The van der Waals surface area contributed by atoms with Crippen molar-refractivity contribution in [3.8, 4) is 11.5 Å². The first-order chi connectivity index (χ1) is 11.1. The predicted octanol–water partition coefficient (Wildman–Crippen LogP) is 4.16. The van der Waals surface area contributed by atoms with Gasteiger partial charge in [-0.1, -0.05) is 38.1 Å². The van der Waals surface area contributed by atoms with Gasteiger partial charge in [-0.05, 0) is 36.2 Å². The van der Waals surface area contributed by atoms with Crippen LogP contribution in [0.1, 0.15) is 25.0 Å². The number of methoxy groups -OCH3 is 1. The molecular weight excluding hydrogens is 293 g/mol. The van der Waals surface area contributed by atoms with Crippen molar-refractivity contribution < 1.29 is 13.9 Å². The van der Waals surface area contributed by atoms with Crippen LogP contribution in [0.3, 0.4) is 0 Å². The largest absolute Gasteiger partial charge is 0.493 e. The van der Waals surface area contributed by atoms with Gasteiger partial charge in [-0.3, -0.25) is 0 Å². The number of rotatable bonds is 8. The monoisotopic (exact) mass is 317 g/mol. The summed E-state index contributed by atoms with van der Waals surface area (Å²) in [5, 5.41) is 3.39. The number of ether oxygens (including phenoxy) is 2. The lowest BCUT2D eigenvalue weighted by atomic mass is 10.1. The molecule has 0 amide bonds. The molecule has 0 atom stereocenters. The van der Waals surface area contributed by atoms with Crippen LogP contribution in [0.4, 0.5) is 4.39 Å². The summed E-state index contributed by atoms with van der Waals surface area (Å²) < 4.78 is 24.7. The molecule has 2 rings (SSSR count). The zero-order chi connectivity index (χ0) is 16.7. The summed E-state index contributed by atoms with van der Waals surface area (Å²) in [6.45, 7) is 6.27. The Hall–Kier alpha value is -2.07. The molecule has 23 heavy (non-hydrogen) atoms. The molecule has 2 aromatic carbocycles. The summed E-state index contributed by atoms with van der Waals surface area (Å²) >= 11 is 0. The fraction of sp³-hybridized carbons (Fsp3) is 0.368. The molecule has 0 bridgehead atoms. The van der Waals surface area contributed by atoms with E-state index in [0.29, 0.717) is 23.0 Å². The first-order valence-electron chi connectivity index (χ1n) is 7.84. The topological polar surface area (TPSA) is 30.5 Å². The second-order valence-electron chi connectivity index (χ2n) is 5.89. The van der Waals surface area contributed by atoms with E-state index in [2.05, 4.69) is 19.2 Å². The molecule has 0 radical (unpaired) electrons. The molecule has 1 N–H and O–H groups in total. The fourth-order valence-electron chi connectivity index (χ4n) is 2.22. The SMILES string of the molecule is COc1cc(CNCC(C)C)ccc1OCc1ccccc1F. The minimum Gasteiger partial charge on any atom is -0.493 e. The van der Waals surface area contributed by atoms with Gasteiger partial charge < -0.3 is 14.8 Å². The van der Waals surface area contributed by atoms with Gasteiger partial charge in [0.1, 0.15) is 12.4 Å². The van der Waals surface area contributed by atoms with Crippen molar-refractivity contribution >= 4 is 0 Å². The minimum absolute atomic E-state index is 0.175. The molecule has 0 saturated carbocycles. The summed E-state index contributed by atoms with van der Waals surface area (Å²) in [5.74, 6) is 1.62. The molecule has 0 heterocycles. The maximum atomic E-state index is 13.6. The lowest BCUT2D eigenvalue weighted by Gasteiger charge is -2.13. The van der Waals surface area contributed by atoms with E-state index < -0.39 is 0 Å². The standard InChI is InChI=1S/C19H24FNO2/c1-14(2)11-21-12-15-8-9-18(19(10-15)22-3)23-13-16-6-4-5-7-17(16)20/h4-10,14,21H,11-13H2,1-3H3. The minimum atomic E-state index is -0.263. The Morgan fingerprint density at radius 3 is 2.57 bits per heavy atom. The maximum absolute atomic E-state index is 13.6. The molecule has 3 nitrogen and oxygen atoms in total. The van der Waals surface area contributed by atoms with Crippen molar-refractivity contribution in [1.82, 2.24) is 5.32 Å². The highest BCUT2D eigenvalue weighted by Gasteiger charge is 2.08. The van der Waals surface area contributed by atoms with E-state index in [0.717, 1.165) is 18.7 Å². The Kier molecular flexibility index (Phi) is 6.41. The Labute approximate surface area is 137 Å². The number of halogens is 1. The first-order valence-corrected chi connectivity index (χ1v) is 7.84. The Balaban J connectivity index is 2.00. The van der Waals surface area contributed by atoms with E-state index in [-0.39, 0.29) is 12.4 Å². The molecule has 0 aliphatic heterocycles. The average Bonchev–Trinajstić information content (AvgIpc) is 2.54. The summed E-state index contributed by atoms with van der Waals surface area (Å²) in [6.07, 6.45) is 0. The molecule has 0 fully saturated rings. The highest BCUT2D eigenvalue weighted by Crippen LogP contribution is 2.29. The molecule has 0 saturated heterocycles. The molecule has 0 spiro atoms. The zero-order valence-corrected chi connectivity index (χ0v) is 13.9. The van der Waals surface area contributed by atoms with Crippen LogP contribution in [-0.2, 0) is 13.2 Å². The fourth-order valence-corrected chi connectivity index (χ4v) is 2.22. The van der Waals surface area contributed by atoms with Gasteiger partial charge in [-0.2, -0.15) is 0 Å². The lowest BCUT2D eigenvalue weighted by molar-refractivity contribution is 0.279. The van der Waals surface area contributed by atoms with Crippen LogP contribution in [0.2, 0.25) is 0 Å². The van der Waals surface area contributed by atoms with Gasteiger partial charge in [-0.25, -0.2) is 4.39 Å². The normalized spacial score (nSPS) is 10.8. The third-order valence-electron chi connectivity index (χ3n) is 3.45. The van der Waals surface area contributed by atoms with Gasteiger partial charge in [-0.15, -0.1) is 0 Å². The Bertz CT molecular complexity index is 629. The second-order valence-corrected chi connectivity index (χ2v) is 5.89. The quantitative estimate of drug-likeness (QED) is 0.793. The third-order valence-corrected chi connectivity index (χ3v) is 3.45. The third kappa shape index (κ3) is 5.25. The van der Waals surface area contributed by atoms with Crippen molar-refractivity contribution in [2.45, 2.75) is 27.0 Å². The molecule has 0 unspecified atom stereocenters. The highest BCUT2D eigenvalue weighted by atomic mass is 19.1. The smallest absolute Gasteiger partial charge is 0.161 e. The van der Waals surface area contributed by atoms with Gasteiger partial charge in [0.25, 0.3) is 0 Å². The summed E-state index contributed by atoms with van der Waals surface area (Å²) in [6, 6.07) is 12.4.